The molecule has 0 fully saturated rings. The first-order valence-corrected chi connectivity index (χ1v) is 5.75. The molecular formula is C12H12F3N3O2. The molecule has 20 heavy (non-hydrogen) atoms. The van der Waals surface area contributed by atoms with Crippen LogP contribution in [0.4, 0.5) is 13.2 Å². The van der Waals surface area contributed by atoms with Crippen molar-refractivity contribution in [1.29, 1.82) is 5.26 Å². The number of alkyl halides is 3. The van der Waals surface area contributed by atoms with Crippen molar-refractivity contribution in [3.63, 3.8) is 0 Å². The lowest BCUT2D eigenvalue weighted by Crippen LogP contribution is -2.38. The van der Waals surface area contributed by atoms with Crippen molar-refractivity contribution in [3.8, 4) is 6.07 Å². The highest BCUT2D eigenvalue weighted by molar-refractivity contribution is 5.76. The molecule has 0 aliphatic heterocycles. The molecule has 1 amide bonds. The third-order valence-electron chi connectivity index (χ3n) is 2.54. The summed E-state index contributed by atoms with van der Waals surface area (Å²) in [5.41, 5.74) is -2.62. The minimum Gasteiger partial charge on any atom is -0.339 e. The lowest BCUT2D eigenvalue weighted by atomic mass is 10.2. The Kier molecular flexibility index (Phi) is 4.91. The first-order chi connectivity index (χ1) is 9.29. The summed E-state index contributed by atoms with van der Waals surface area (Å²) in [5.74, 6) is -0.695. The van der Waals surface area contributed by atoms with Crippen LogP contribution in [0.5, 0.6) is 0 Å². The van der Waals surface area contributed by atoms with Gasteiger partial charge in [0.05, 0.1) is 6.07 Å². The Morgan fingerprint density at radius 2 is 2.20 bits per heavy atom. The Bertz CT molecular complexity index is 587. The van der Waals surface area contributed by atoms with Crippen LogP contribution in [0.1, 0.15) is 18.9 Å². The van der Waals surface area contributed by atoms with Gasteiger partial charge in [-0.3, -0.25) is 9.59 Å². The second kappa shape index (κ2) is 6.23. The number of nitrogens with one attached hydrogen (secondary N) is 1. The molecular weight excluding hydrogens is 275 g/mol. The van der Waals surface area contributed by atoms with Gasteiger partial charge in [0.15, 0.2) is 0 Å². The molecule has 108 valence electrons. The quantitative estimate of drug-likeness (QED) is 0.906. The summed E-state index contributed by atoms with van der Waals surface area (Å²) < 4.78 is 38.2. The third-order valence-corrected chi connectivity index (χ3v) is 2.54. The first kappa shape index (κ1) is 15.8. The van der Waals surface area contributed by atoms with E-state index in [0.717, 1.165) is 12.3 Å². The van der Waals surface area contributed by atoms with Gasteiger partial charge in [-0.15, -0.1) is 0 Å². The molecule has 1 aromatic rings. The fraction of sp³-hybridized carbons (Fsp3) is 0.417. The van der Waals surface area contributed by atoms with E-state index in [1.54, 1.807) is 6.92 Å². The lowest BCUT2D eigenvalue weighted by molar-refractivity contribution is -0.139. The van der Waals surface area contributed by atoms with Crippen LogP contribution in [0.3, 0.4) is 0 Å². The average molecular weight is 287 g/mol. The first-order valence-electron chi connectivity index (χ1n) is 5.75. The van der Waals surface area contributed by atoms with Gasteiger partial charge in [0.1, 0.15) is 18.2 Å². The SMILES string of the molecule is CC[C@@H](C#N)NC(=O)Cn1cccc(C(F)(F)F)c1=O. The van der Waals surface area contributed by atoms with E-state index >= 15 is 0 Å². The highest BCUT2D eigenvalue weighted by atomic mass is 19.4. The average Bonchev–Trinajstić information content (AvgIpc) is 2.37. The van der Waals surface area contributed by atoms with Gasteiger partial charge in [-0.05, 0) is 18.6 Å². The number of hydrogen-bond donors (Lipinski definition) is 1. The monoisotopic (exact) mass is 287 g/mol. The molecule has 0 unspecified atom stereocenters. The molecule has 1 N–H and O–H groups in total. The molecule has 1 heterocycles. The van der Waals surface area contributed by atoms with Crippen molar-refractivity contribution < 1.29 is 18.0 Å². The van der Waals surface area contributed by atoms with E-state index in [-0.39, 0.29) is 0 Å². The Morgan fingerprint density at radius 1 is 1.55 bits per heavy atom. The lowest BCUT2D eigenvalue weighted by Gasteiger charge is -2.12. The maximum atomic E-state index is 12.5. The standard InChI is InChI=1S/C12H12F3N3O2/c1-2-8(6-16)17-10(19)7-18-5-3-4-9(11(18)20)12(13,14)15/h3-5,8H,2,7H2,1H3,(H,17,19)/t8-/m0/s1. The second-order valence-corrected chi connectivity index (χ2v) is 4.01. The summed E-state index contributed by atoms with van der Waals surface area (Å²) in [6, 6.07) is 2.78. The van der Waals surface area contributed by atoms with Crippen LogP contribution in [0.2, 0.25) is 0 Å². The minimum atomic E-state index is -4.77. The molecule has 1 aromatic heterocycles. The Morgan fingerprint density at radius 3 is 2.70 bits per heavy atom. The molecule has 0 saturated carbocycles. The van der Waals surface area contributed by atoms with Crippen LogP contribution in [-0.4, -0.2) is 16.5 Å². The molecule has 0 aliphatic rings. The molecule has 5 nitrogen and oxygen atoms in total. The zero-order chi connectivity index (χ0) is 15.3. The third kappa shape index (κ3) is 3.85. The number of aromatic nitrogens is 1. The van der Waals surface area contributed by atoms with Gasteiger partial charge in [-0.2, -0.15) is 18.4 Å². The van der Waals surface area contributed by atoms with Crippen LogP contribution >= 0.6 is 0 Å². The smallest absolute Gasteiger partial charge is 0.339 e. The zero-order valence-corrected chi connectivity index (χ0v) is 10.6. The molecule has 0 radical (unpaired) electrons. The largest absolute Gasteiger partial charge is 0.421 e. The number of halogens is 3. The van der Waals surface area contributed by atoms with Gasteiger partial charge in [0.25, 0.3) is 5.56 Å². The number of pyridine rings is 1. The Hall–Kier alpha value is -2.30. The van der Waals surface area contributed by atoms with Crippen LogP contribution < -0.4 is 10.9 Å². The number of hydrogen-bond acceptors (Lipinski definition) is 3. The van der Waals surface area contributed by atoms with Gasteiger partial charge < -0.3 is 9.88 Å². The summed E-state index contributed by atoms with van der Waals surface area (Å²) in [6.45, 7) is 1.10. The summed E-state index contributed by atoms with van der Waals surface area (Å²) in [6.07, 6.45) is -3.32. The van der Waals surface area contributed by atoms with Gasteiger partial charge in [0.2, 0.25) is 5.91 Å². The van der Waals surface area contributed by atoms with E-state index in [0.29, 0.717) is 17.1 Å². The summed E-state index contributed by atoms with van der Waals surface area (Å²) in [7, 11) is 0. The number of nitriles is 1. The summed E-state index contributed by atoms with van der Waals surface area (Å²) in [5, 5.41) is 11.0. The molecule has 0 bridgehead atoms. The van der Waals surface area contributed by atoms with E-state index in [2.05, 4.69) is 5.32 Å². The maximum absolute atomic E-state index is 12.5. The molecule has 0 spiro atoms. The van der Waals surface area contributed by atoms with Crippen molar-refractivity contribution >= 4 is 5.91 Å². The minimum absolute atomic E-state index is 0.361. The van der Waals surface area contributed by atoms with E-state index in [1.165, 1.54) is 0 Å². The molecule has 1 rings (SSSR count). The van der Waals surface area contributed by atoms with Gasteiger partial charge >= 0.3 is 6.18 Å². The number of carbonyl (C=O) groups is 1. The van der Waals surface area contributed by atoms with Crippen LogP contribution in [-0.2, 0) is 17.5 Å². The fourth-order valence-corrected chi connectivity index (χ4v) is 1.50. The Labute approximate surface area is 112 Å². The normalized spacial score (nSPS) is 12.6. The number of nitrogens with zero attached hydrogens (tertiary/aromatic N) is 2. The predicted molar refractivity (Wildman–Crippen MR) is 63.5 cm³/mol. The summed E-state index contributed by atoms with van der Waals surface area (Å²) in [4.78, 5) is 23.1. The van der Waals surface area contributed by atoms with Gasteiger partial charge in [-0.25, -0.2) is 0 Å². The summed E-state index contributed by atoms with van der Waals surface area (Å²) >= 11 is 0. The number of rotatable bonds is 4. The predicted octanol–water partition coefficient (Wildman–Crippen LogP) is 1.29. The van der Waals surface area contributed by atoms with Crippen molar-refractivity contribution in [3.05, 3.63) is 34.2 Å². The topological polar surface area (TPSA) is 74.9 Å². The van der Waals surface area contributed by atoms with E-state index < -0.39 is 35.8 Å². The second-order valence-electron chi connectivity index (χ2n) is 4.01. The molecule has 0 aromatic carbocycles. The van der Waals surface area contributed by atoms with Crippen molar-refractivity contribution in [1.82, 2.24) is 9.88 Å². The number of amides is 1. The number of carbonyl (C=O) groups excluding carboxylic acids is 1. The molecule has 0 aliphatic carbocycles. The molecule has 0 saturated heterocycles. The van der Waals surface area contributed by atoms with Crippen molar-refractivity contribution in [2.24, 2.45) is 0 Å². The highest BCUT2D eigenvalue weighted by Crippen LogP contribution is 2.25. The van der Waals surface area contributed by atoms with Gasteiger partial charge in [-0.1, -0.05) is 6.92 Å². The zero-order valence-electron chi connectivity index (χ0n) is 10.6. The van der Waals surface area contributed by atoms with Crippen LogP contribution in [0, 0.1) is 11.3 Å². The molecule has 1 atom stereocenters. The van der Waals surface area contributed by atoms with E-state index in [1.807, 2.05) is 6.07 Å². The Balaban J connectivity index is 2.93. The van der Waals surface area contributed by atoms with Crippen LogP contribution in [0.25, 0.3) is 0 Å². The van der Waals surface area contributed by atoms with E-state index in [4.69, 9.17) is 5.26 Å². The fourth-order valence-electron chi connectivity index (χ4n) is 1.50. The maximum Gasteiger partial charge on any atom is 0.421 e. The van der Waals surface area contributed by atoms with Gasteiger partial charge in [0, 0.05) is 6.20 Å². The highest BCUT2D eigenvalue weighted by Gasteiger charge is 2.34. The van der Waals surface area contributed by atoms with E-state index in [9.17, 15) is 22.8 Å². The van der Waals surface area contributed by atoms with Crippen molar-refractivity contribution in [2.45, 2.75) is 32.1 Å². The van der Waals surface area contributed by atoms with Crippen molar-refractivity contribution in [2.75, 3.05) is 0 Å². The molecule has 8 heteroatoms. The van der Waals surface area contributed by atoms with Crippen LogP contribution in [0.15, 0.2) is 23.1 Å².